The second kappa shape index (κ2) is 2.87. The van der Waals surface area contributed by atoms with Crippen molar-refractivity contribution >= 4 is 6.21 Å². The molecule has 0 spiro atoms. The summed E-state index contributed by atoms with van der Waals surface area (Å²) in [4.78, 5) is 4.42. The summed E-state index contributed by atoms with van der Waals surface area (Å²) in [6.07, 6.45) is 5.32. The SMILES string of the molecule is CC(C)(C)C1=COC2C(N)=CC=NC12. The molecule has 0 saturated heterocycles. The lowest BCUT2D eigenvalue weighted by atomic mass is 9.81. The molecule has 0 amide bonds. The Bertz CT molecular complexity index is 334. The highest BCUT2D eigenvalue weighted by atomic mass is 16.5. The first-order valence-corrected chi connectivity index (χ1v) is 4.85. The van der Waals surface area contributed by atoms with E-state index in [9.17, 15) is 0 Å². The van der Waals surface area contributed by atoms with E-state index in [4.69, 9.17) is 10.5 Å². The van der Waals surface area contributed by atoms with E-state index in [2.05, 4.69) is 25.8 Å². The maximum atomic E-state index is 5.84. The van der Waals surface area contributed by atoms with Gasteiger partial charge in [-0.25, -0.2) is 0 Å². The fraction of sp³-hybridized carbons (Fsp3) is 0.545. The van der Waals surface area contributed by atoms with Gasteiger partial charge in [0.25, 0.3) is 0 Å². The summed E-state index contributed by atoms with van der Waals surface area (Å²) in [5, 5.41) is 0. The van der Waals surface area contributed by atoms with Crippen LogP contribution in [0.15, 0.2) is 28.6 Å². The molecule has 0 aliphatic carbocycles. The zero-order chi connectivity index (χ0) is 10.3. The maximum absolute atomic E-state index is 5.84. The molecule has 76 valence electrons. The molecule has 2 aliphatic rings. The summed E-state index contributed by atoms with van der Waals surface area (Å²) in [6, 6.07) is 0.0833. The minimum atomic E-state index is -0.0748. The Hall–Kier alpha value is -1.25. The third kappa shape index (κ3) is 1.33. The Morgan fingerprint density at radius 1 is 1.43 bits per heavy atom. The van der Waals surface area contributed by atoms with Crippen molar-refractivity contribution in [2.24, 2.45) is 16.1 Å². The highest BCUT2D eigenvalue weighted by Crippen LogP contribution is 2.38. The van der Waals surface area contributed by atoms with Gasteiger partial charge in [-0.05, 0) is 17.1 Å². The number of nitrogens with two attached hydrogens (primary N) is 1. The quantitative estimate of drug-likeness (QED) is 0.634. The van der Waals surface area contributed by atoms with E-state index in [1.165, 1.54) is 5.57 Å². The number of nitrogens with zero attached hydrogens (tertiary/aromatic N) is 1. The minimum absolute atomic E-state index is 0.0748. The highest BCUT2D eigenvalue weighted by molar-refractivity contribution is 5.74. The van der Waals surface area contributed by atoms with E-state index in [0.717, 1.165) is 5.70 Å². The molecule has 0 aromatic carbocycles. The second-order valence-corrected chi connectivity index (χ2v) is 4.79. The van der Waals surface area contributed by atoms with Gasteiger partial charge in [0, 0.05) is 6.21 Å². The van der Waals surface area contributed by atoms with Crippen molar-refractivity contribution < 1.29 is 4.74 Å². The maximum Gasteiger partial charge on any atom is 0.163 e. The summed E-state index contributed by atoms with van der Waals surface area (Å²) in [6.45, 7) is 6.48. The molecule has 0 aromatic rings. The van der Waals surface area contributed by atoms with Crippen molar-refractivity contribution in [3.05, 3.63) is 23.6 Å². The van der Waals surface area contributed by atoms with Gasteiger partial charge in [-0.15, -0.1) is 0 Å². The van der Waals surface area contributed by atoms with Gasteiger partial charge in [0.2, 0.25) is 0 Å². The van der Waals surface area contributed by atoms with Gasteiger partial charge in [0.05, 0.1) is 12.0 Å². The van der Waals surface area contributed by atoms with Crippen molar-refractivity contribution in [3.8, 4) is 0 Å². The molecule has 2 unspecified atom stereocenters. The third-order valence-corrected chi connectivity index (χ3v) is 2.66. The molecule has 0 fully saturated rings. The summed E-state index contributed by atoms with van der Waals surface area (Å²) in [5.41, 5.74) is 7.91. The fourth-order valence-electron chi connectivity index (χ4n) is 1.81. The lowest BCUT2D eigenvalue weighted by molar-refractivity contribution is 0.187. The van der Waals surface area contributed by atoms with Gasteiger partial charge >= 0.3 is 0 Å². The fourth-order valence-corrected chi connectivity index (χ4v) is 1.81. The number of rotatable bonds is 0. The highest BCUT2D eigenvalue weighted by Gasteiger charge is 2.39. The van der Waals surface area contributed by atoms with E-state index >= 15 is 0 Å². The Kier molecular flexibility index (Phi) is 1.91. The van der Waals surface area contributed by atoms with Crippen LogP contribution in [0.2, 0.25) is 0 Å². The molecule has 3 nitrogen and oxygen atoms in total. The van der Waals surface area contributed by atoms with E-state index in [1.54, 1.807) is 12.3 Å². The first kappa shape index (κ1) is 9.31. The van der Waals surface area contributed by atoms with E-state index in [-0.39, 0.29) is 17.6 Å². The van der Waals surface area contributed by atoms with Crippen LogP contribution >= 0.6 is 0 Å². The molecule has 14 heavy (non-hydrogen) atoms. The average Bonchev–Trinajstić information content (AvgIpc) is 2.47. The predicted octanol–water partition coefficient (Wildman–Crippen LogP) is 1.61. The van der Waals surface area contributed by atoms with Gasteiger partial charge in [-0.3, -0.25) is 4.99 Å². The number of hydrogen-bond acceptors (Lipinski definition) is 3. The smallest absolute Gasteiger partial charge is 0.163 e. The summed E-state index contributed by atoms with van der Waals surface area (Å²) in [7, 11) is 0. The van der Waals surface area contributed by atoms with Crippen LogP contribution < -0.4 is 5.73 Å². The van der Waals surface area contributed by atoms with E-state index in [1.807, 2.05) is 6.26 Å². The number of allylic oxidation sites excluding steroid dienone is 1. The molecule has 0 bridgehead atoms. The van der Waals surface area contributed by atoms with Gasteiger partial charge in [0.1, 0.15) is 6.04 Å². The largest absolute Gasteiger partial charge is 0.489 e. The molecule has 3 heteroatoms. The van der Waals surface area contributed by atoms with Crippen molar-refractivity contribution in [1.82, 2.24) is 0 Å². The molecular weight excluding hydrogens is 176 g/mol. The standard InChI is InChI=1S/C11H16N2O/c1-11(2,3)7-6-14-10-8(12)4-5-13-9(7)10/h4-6,9-10H,12H2,1-3H3. The van der Waals surface area contributed by atoms with Gasteiger partial charge in [0.15, 0.2) is 6.10 Å². The number of aliphatic imine (C=N–C) groups is 1. The molecule has 0 aromatic heterocycles. The minimum Gasteiger partial charge on any atom is -0.489 e. The van der Waals surface area contributed by atoms with Crippen LogP contribution in [0.3, 0.4) is 0 Å². The van der Waals surface area contributed by atoms with Gasteiger partial charge in [-0.2, -0.15) is 0 Å². The normalized spacial score (nSPS) is 30.5. The zero-order valence-electron chi connectivity index (χ0n) is 8.82. The van der Waals surface area contributed by atoms with E-state index < -0.39 is 0 Å². The van der Waals surface area contributed by atoms with E-state index in [0.29, 0.717) is 0 Å². The van der Waals surface area contributed by atoms with Gasteiger partial charge < -0.3 is 10.5 Å². The van der Waals surface area contributed by atoms with Crippen molar-refractivity contribution in [3.63, 3.8) is 0 Å². The van der Waals surface area contributed by atoms with Crippen LogP contribution in [0.4, 0.5) is 0 Å². The number of ether oxygens (including phenoxy) is 1. The summed E-state index contributed by atoms with van der Waals surface area (Å²) < 4.78 is 5.54. The Balaban J connectivity index is 2.28. The number of fused-ring (bicyclic) bond motifs is 1. The van der Waals surface area contributed by atoms with Crippen LogP contribution in [-0.4, -0.2) is 18.4 Å². The first-order chi connectivity index (χ1) is 6.50. The molecule has 2 heterocycles. The van der Waals surface area contributed by atoms with Crippen LogP contribution in [-0.2, 0) is 4.74 Å². The number of dihydropyridines is 1. The Labute approximate surface area is 84.3 Å². The lowest BCUT2D eigenvalue weighted by Crippen LogP contribution is -2.34. The van der Waals surface area contributed by atoms with Crippen molar-refractivity contribution in [1.29, 1.82) is 0 Å². The van der Waals surface area contributed by atoms with Crippen LogP contribution in [0.5, 0.6) is 0 Å². The van der Waals surface area contributed by atoms with Crippen LogP contribution in [0.25, 0.3) is 0 Å². The molecule has 0 saturated carbocycles. The summed E-state index contributed by atoms with van der Waals surface area (Å²) >= 11 is 0. The zero-order valence-corrected chi connectivity index (χ0v) is 8.82. The monoisotopic (exact) mass is 192 g/mol. The molecule has 2 aliphatic heterocycles. The molecule has 0 radical (unpaired) electrons. The first-order valence-electron chi connectivity index (χ1n) is 4.85. The molecular formula is C11H16N2O. The van der Waals surface area contributed by atoms with Crippen LogP contribution in [0, 0.1) is 5.41 Å². The Morgan fingerprint density at radius 3 is 2.79 bits per heavy atom. The molecule has 2 atom stereocenters. The van der Waals surface area contributed by atoms with Crippen molar-refractivity contribution in [2.45, 2.75) is 32.9 Å². The molecule has 2 rings (SSSR count). The third-order valence-electron chi connectivity index (χ3n) is 2.66. The second-order valence-electron chi connectivity index (χ2n) is 4.79. The predicted molar refractivity (Wildman–Crippen MR) is 57.0 cm³/mol. The summed E-state index contributed by atoms with van der Waals surface area (Å²) in [5.74, 6) is 0. The van der Waals surface area contributed by atoms with Gasteiger partial charge in [-0.1, -0.05) is 20.8 Å². The topological polar surface area (TPSA) is 47.6 Å². The number of hydrogen-bond donors (Lipinski definition) is 1. The Morgan fingerprint density at radius 2 is 2.14 bits per heavy atom. The lowest BCUT2D eigenvalue weighted by Gasteiger charge is -2.26. The average molecular weight is 192 g/mol. The van der Waals surface area contributed by atoms with Crippen molar-refractivity contribution in [2.75, 3.05) is 0 Å². The molecule has 2 N–H and O–H groups in total. The van der Waals surface area contributed by atoms with Crippen LogP contribution in [0.1, 0.15) is 20.8 Å².